The molecule has 0 radical (unpaired) electrons. The van der Waals surface area contributed by atoms with Crippen molar-refractivity contribution in [1.29, 1.82) is 0 Å². The van der Waals surface area contributed by atoms with E-state index in [-0.39, 0.29) is 31.9 Å². The molecule has 3 aromatic carbocycles. The maximum Gasteiger partial charge on any atom is 0.410 e. The van der Waals surface area contributed by atoms with E-state index in [0.29, 0.717) is 0 Å². The third-order valence-electron chi connectivity index (χ3n) is 5.12. The Balaban J connectivity index is 1.58. The van der Waals surface area contributed by atoms with Crippen LogP contribution in [0.15, 0.2) is 84.9 Å². The van der Waals surface area contributed by atoms with Crippen LogP contribution in [0.3, 0.4) is 0 Å². The maximum atomic E-state index is 12.8. The van der Waals surface area contributed by atoms with Crippen LogP contribution in [-0.4, -0.2) is 47.6 Å². The number of phenolic OH excluding ortho intramolecular Hbond substituents is 1. The van der Waals surface area contributed by atoms with Gasteiger partial charge in [0.2, 0.25) is 5.91 Å². The Labute approximate surface area is 204 Å². The summed E-state index contributed by atoms with van der Waals surface area (Å²) in [6.45, 7) is -0.153. The normalized spacial score (nSPS) is 11.2. The minimum absolute atomic E-state index is 0.0628. The number of phenols is 1. The van der Waals surface area contributed by atoms with E-state index >= 15 is 0 Å². The SMILES string of the molecule is CN(CC(=O)N[C@H](Cc1ccc(O)cc1)C(=O)OCc1ccccc1)C(=O)OCc1ccccc1. The number of amides is 2. The van der Waals surface area contributed by atoms with E-state index in [9.17, 15) is 19.5 Å². The van der Waals surface area contributed by atoms with Gasteiger partial charge in [-0.2, -0.15) is 0 Å². The molecule has 0 unspecified atom stereocenters. The molecule has 0 fully saturated rings. The van der Waals surface area contributed by atoms with E-state index in [0.717, 1.165) is 21.6 Å². The lowest BCUT2D eigenvalue weighted by atomic mass is 10.1. The third-order valence-corrected chi connectivity index (χ3v) is 5.12. The minimum atomic E-state index is -0.982. The van der Waals surface area contributed by atoms with Gasteiger partial charge in [0.15, 0.2) is 0 Å². The van der Waals surface area contributed by atoms with Gasteiger partial charge in [-0.15, -0.1) is 0 Å². The summed E-state index contributed by atoms with van der Waals surface area (Å²) < 4.78 is 10.6. The second kappa shape index (κ2) is 12.8. The topological polar surface area (TPSA) is 105 Å². The Morgan fingerprint density at radius 1 is 0.800 bits per heavy atom. The molecule has 8 nitrogen and oxygen atoms in total. The summed E-state index contributed by atoms with van der Waals surface area (Å²) in [7, 11) is 1.44. The van der Waals surface area contributed by atoms with E-state index in [2.05, 4.69) is 5.32 Å². The Morgan fingerprint density at radius 3 is 1.91 bits per heavy atom. The van der Waals surface area contributed by atoms with Crippen LogP contribution in [0, 0.1) is 0 Å². The molecule has 35 heavy (non-hydrogen) atoms. The Morgan fingerprint density at radius 2 is 1.34 bits per heavy atom. The van der Waals surface area contributed by atoms with Gasteiger partial charge in [0.1, 0.15) is 31.5 Å². The Hall–Kier alpha value is -4.33. The number of esters is 1. The number of aromatic hydroxyl groups is 1. The minimum Gasteiger partial charge on any atom is -0.508 e. The molecule has 0 saturated heterocycles. The lowest BCUT2D eigenvalue weighted by molar-refractivity contribution is -0.149. The second-order valence-electron chi connectivity index (χ2n) is 7.98. The van der Waals surface area contributed by atoms with E-state index in [1.807, 2.05) is 60.7 Å². The number of likely N-dealkylation sites (N-methyl/N-ethyl adjacent to an activating group) is 1. The summed E-state index contributed by atoms with van der Waals surface area (Å²) in [6, 6.07) is 23.7. The van der Waals surface area contributed by atoms with Gasteiger partial charge in [0.05, 0.1) is 0 Å². The van der Waals surface area contributed by atoms with Crippen LogP contribution >= 0.6 is 0 Å². The molecule has 0 spiro atoms. The number of hydrogen-bond donors (Lipinski definition) is 2. The van der Waals surface area contributed by atoms with Crippen molar-refractivity contribution in [2.24, 2.45) is 0 Å². The fourth-order valence-electron chi connectivity index (χ4n) is 3.24. The molecule has 182 valence electrons. The zero-order valence-electron chi connectivity index (χ0n) is 19.4. The first-order valence-electron chi connectivity index (χ1n) is 11.1. The smallest absolute Gasteiger partial charge is 0.410 e. The summed E-state index contributed by atoms with van der Waals surface area (Å²) in [5, 5.41) is 12.2. The molecule has 2 N–H and O–H groups in total. The highest BCUT2D eigenvalue weighted by Gasteiger charge is 2.24. The molecule has 2 amide bonds. The van der Waals surface area contributed by atoms with Crippen LogP contribution in [0.2, 0.25) is 0 Å². The van der Waals surface area contributed by atoms with Gasteiger partial charge < -0.3 is 24.8 Å². The van der Waals surface area contributed by atoms with Crippen LogP contribution in [0.4, 0.5) is 4.79 Å². The van der Waals surface area contributed by atoms with Crippen LogP contribution < -0.4 is 5.32 Å². The van der Waals surface area contributed by atoms with Crippen LogP contribution in [0.5, 0.6) is 5.75 Å². The largest absolute Gasteiger partial charge is 0.508 e. The lowest BCUT2D eigenvalue weighted by Crippen LogP contribution is -2.47. The summed E-state index contributed by atoms with van der Waals surface area (Å²) >= 11 is 0. The number of benzene rings is 3. The van der Waals surface area contributed by atoms with Crippen LogP contribution in [0.25, 0.3) is 0 Å². The van der Waals surface area contributed by atoms with Gasteiger partial charge in [-0.3, -0.25) is 4.79 Å². The van der Waals surface area contributed by atoms with Gasteiger partial charge in [0.25, 0.3) is 0 Å². The number of carbonyl (C=O) groups is 3. The van der Waals surface area contributed by atoms with E-state index in [4.69, 9.17) is 9.47 Å². The molecule has 0 aromatic heterocycles. The Kier molecular flexibility index (Phi) is 9.24. The number of rotatable bonds is 10. The monoisotopic (exact) mass is 476 g/mol. The molecule has 0 aliphatic rings. The average Bonchev–Trinajstić information content (AvgIpc) is 2.87. The quantitative estimate of drug-likeness (QED) is 0.435. The molecule has 3 rings (SSSR count). The highest BCUT2D eigenvalue weighted by Crippen LogP contribution is 2.13. The Bertz CT molecular complexity index is 1100. The third kappa shape index (κ3) is 8.51. The maximum absolute atomic E-state index is 12.8. The number of ether oxygens (including phenoxy) is 2. The molecule has 1 atom stereocenters. The molecule has 3 aromatic rings. The summed E-state index contributed by atoms with van der Waals surface area (Å²) in [5.41, 5.74) is 2.37. The van der Waals surface area contributed by atoms with Crippen molar-refractivity contribution in [3.8, 4) is 5.75 Å². The number of nitrogens with zero attached hydrogens (tertiary/aromatic N) is 1. The first-order valence-corrected chi connectivity index (χ1v) is 11.1. The standard InChI is InChI=1S/C27H28N2O6/c1-29(27(33)35-19-22-10-6-3-7-11-22)17-25(31)28-24(16-20-12-14-23(30)15-13-20)26(32)34-18-21-8-4-2-5-9-21/h2-15,24,30H,16-19H2,1H3,(H,28,31)/t24-/m1/s1. The summed E-state index contributed by atoms with van der Waals surface area (Å²) in [5.74, 6) is -1.05. The fraction of sp³-hybridized carbons (Fsp3) is 0.222. The molecule has 0 aliphatic heterocycles. The number of nitrogens with one attached hydrogen (secondary N) is 1. The van der Waals surface area contributed by atoms with Gasteiger partial charge in [0, 0.05) is 13.5 Å². The lowest BCUT2D eigenvalue weighted by Gasteiger charge is -2.21. The molecule has 0 heterocycles. The van der Waals surface area contributed by atoms with Crippen molar-refractivity contribution in [3.05, 3.63) is 102 Å². The van der Waals surface area contributed by atoms with E-state index < -0.39 is 24.0 Å². The highest BCUT2D eigenvalue weighted by molar-refractivity contribution is 5.87. The molecule has 0 bridgehead atoms. The first-order chi connectivity index (χ1) is 16.9. The molecular formula is C27H28N2O6. The van der Waals surface area contributed by atoms with Crippen molar-refractivity contribution < 1.29 is 29.0 Å². The fourth-order valence-corrected chi connectivity index (χ4v) is 3.24. The van der Waals surface area contributed by atoms with Crippen LogP contribution in [-0.2, 0) is 38.7 Å². The predicted octanol–water partition coefficient (Wildman–Crippen LogP) is 3.43. The van der Waals surface area contributed by atoms with Gasteiger partial charge in [-0.25, -0.2) is 9.59 Å². The summed E-state index contributed by atoms with van der Waals surface area (Å²) in [4.78, 5) is 38.9. The molecule has 0 aliphatic carbocycles. The van der Waals surface area contributed by atoms with Crippen molar-refractivity contribution in [1.82, 2.24) is 10.2 Å². The number of hydrogen-bond acceptors (Lipinski definition) is 6. The van der Waals surface area contributed by atoms with Crippen LogP contribution in [0.1, 0.15) is 16.7 Å². The van der Waals surface area contributed by atoms with Crippen molar-refractivity contribution in [3.63, 3.8) is 0 Å². The predicted molar refractivity (Wildman–Crippen MR) is 129 cm³/mol. The van der Waals surface area contributed by atoms with Gasteiger partial charge in [-0.05, 0) is 28.8 Å². The molecule has 0 saturated carbocycles. The molecular weight excluding hydrogens is 448 g/mol. The highest BCUT2D eigenvalue weighted by atomic mass is 16.6. The van der Waals surface area contributed by atoms with Crippen molar-refractivity contribution >= 4 is 18.0 Å². The van der Waals surface area contributed by atoms with Gasteiger partial charge >= 0.3 is 12.1 Å². The van der Waals surface area contributed by atoms with E-state index in [1.165, 1.54) is 19.2 Å². The summed E-state index contributed by atoms with van der Waals surface area (Å²) in [6.07, 6.45) is -0.507. The average molecular weight is 477 g/mol. The van der Waals surface area contributed by atoms with Crippen molar-refractivity contribution in [2.45, 2.75) is 25.7 Å². The number of carbonyl (C=O) groups excluding carboxylic acids is 3. The molecule has 8 heteroatoms. The zero-order valence-corrected chi connectivity index (χ0v) is 19.4. The first kappa shape index (κ1) is 25.3. The van der Waals surface area contributed by atoms with Crippen molar-refractivity contribution in [2.75, 3.05) is 13.6 Å². The van der Waals surface area contributed by atoms with E-state index in [1.54, 1.807) is 12.1 Å². The second-order valence-corrected chi connectivity index (χ2v) is 7.98. The zero-order chi connectivity index (χ0) is 25.0. The van der Waals surface area contributed by atoms with Gasteiger partial charge in [-0.1, -0.05) is 72.8 Å².